The van der Waals surface area contributed by atoms with E-state index in [2.05, 4.69) is 33.1 Å². The highest BCUT2D eigenvalue weighted by molar-refractivity contribution is 14.1. The first-order valence-electron chi connectivity index (χ1n) is 8.49. The van der Waals surface area contributed by atoms with Crippen LogP contribution in [-0.4, -0.2) is 22.6 Å². The van der Waals surface area contributed by atoms with Gasteiger partial charge in [0.2, 0.25) is 5.76 Å². The first-order chi connectivity index (χ1) is 13.9. The molecule has 0 aliphatic carbocycles. The number of nitrogens with zero attached hydrogens (tertiary/aromatic N) is 2. The summed E-state index contributed by atoms with van der Waals surface area (Å²) in [5.41, 5.74) is 1.56. The van der Waals surface area contributed by atoms with Crippen molar-refractivity contribution in [1.29, 1.82) is 0 Å². The maximum atomic E-state index is 12.0. The van der Waals surface area contributed by atoms with Crippen molar-refractivity contribution in [2.75, 3.05) is 11.9 Å². The molecular weight excluding hydrogens is 489 g/mol. The Balaban J connectivity index is 1.56. The first kappa shape index (κ1) is 20.5. The van der Waals surface area contributed by atoms with Crippen LogP contribution in [0.5, 0.6) is 5.75 Å². The summed E-state index contributed by atoms with van der Waals surface area (Å²) in [6, 6.07) is 14.4. The Bertz CT molecular complexity index is 1060. The topological polar surface area (TPSA) is 108 Å². The molecule has 1 heterocycles. The Morgan fingerprint density at radius 1 is 1.28 bits per heavy atom. The number of benzene rings is 2. The molecule has 2 aromatic carbocycles. The third-order valence-electron chi connectivity index (χ3n) is 3.83. The monoisotopic (exact) mass is 505 g/mol. The predicted molar refractivity (Wildman–Crippen MR) is 117 cm³/mol. The van der Waals surface area contributed by atoms with Crippen LogP contribution in [0.1, 0.15) is 17.0 Å². The summed E-state index contributed by atoms with van der Waals surface area (Å²) in [4.78, 5) is 22.5. The van der Waals surface area contributed by atoms with Crippen LogP contribution in [0.3, 0.4) is 0 Å². The van der Waals surface area contributed by atoms with Gasteiger partial charge in [-0.2, -0.15) is 0 Å². The van der Waals surface area contributed by atoms with Gasteiger partial charge in [-0.25, -0.2) is 0 Å². The van der Waals surface area contributed by atoms with E-state index in [4.69, 9.17) is 9.26 Å². The largest absolute Gasteiger partial charge is 0.484 e. The zero-order chi connectivity index (χ0) is 20.8. The van der Waals surface area contributed by atoms with Crippen molar-refractivity contribution in [2.24, 2.45) is 0 Å². The molecule has 0 atom stereocenters. The summed E-state index contributed by atoms with van der Waals surface area (Å²) in [6.07, 6.45) is 3.16. The Kier molecular flexibility index (Phi) is 6.60. The van der Waals surface area contributed by atoms with E-state index in [1.54, 1.807) is 30.3 Å². The van der Waals surface area contributed by atoms with Crippen LogP contribution in [0.15, 0.2) is 53.1 Å². The number of carbonyl (C=O) groups excluding carboxylic acids is 1. The van der Waals surface area contributed by atoms with Gasteiger partial charge in [0, 0.05) is 9.26 Å². The lowest BCUT2D eigenvalue weighted by atomic mass is 10.2. The van der Waals surface area contributed by atoms with Gasteiger partial charge in [0.25, 0.3) is 5.91 Å². The van der Waals surface area contributed by atoms with E-state index in [0.29, 0.717) is 11.4 Å². The third-order valence-corrected chi connectivity index (χ3v) is 4.50. The number of hydrogen-bond acceptors (Lipinski definition) is 6. The lowest BCUT2D eigenvalue weighted by molar-refractivity contribution is -0.386. The molecule has 0 saturated carbocycles. The second-order valence-electron chi connectivity index (χ2n) is 5.99. The van der Waals surface area contributed by atoms with E-state index >= 15 is 0 Å². The van der Waals surface area contributed by atoms with Gasteiger partial charge in [-0.15, -0.1) is 0 Å². The Morgan fingerprint density at radius 3 is 2.72 bits per heavy atom. The number of hydrogen-bond donors (Lipinski definition) is 1. The molecule has 1 aromatic heterocycles. The molecule has 148 valence electrons. The number of ether oxygens (including phenoxy) is 1. The van der Waals surface area contributed by atoms with Crippen molar-refractivity contribution in [2.45, 2.75) is 6.92 Å². The van der Waals surface area contributed by atoms with E-state index in [-0.39, 0.29) is 29.7 Å². The number of anilines is 1. The minimum absolute atomic E-state index is 0.0834. The van der Waals surface area contributed by atoms with Crippen molar-refractivity contribution in [3.63, 3.8) is 0 Å². The summed E-state index contributed by atoms with van der Waals surface area (Å²) in [5, 5.41) is 17.4. The molecule has 0 bridgehead atoms. The van der Waals surface area contributed by atoms with E-state index in [9.17, 15) is 14.9 Å². The molecular formula is C20H16IN3O5. The normalized spacial score (nSPS) is 10.8. The summed E-state index contributed by atoms with van der Waals surface area (Å²) in [7, 11) is 0. The fraction of sp³-hybridized carbons (Fsp3) is 0.100. The fourth-order valence-corrected chi connectivity index (χ4v) is 3.02. The molecule has 3 rings (SSSR count). The number of aromatic nitrogens is 1. The molecule has 0 saturated heterocycles. The molecule has 0 spiro atoms. The van der Waals surface area contributed by atoms with Gasteiger partial charge in [0.15, 0.2) is 12.3 Å². The van der Waals surface area contributed by atoms with E-state index in [0.717, 1.165) is 9.13 Å². The summed E-state index contributed by atoms with van der Waals surface area (Å²) in [5.74, 6) is 0.352. The van der Waals surface area contributed by atoms with Crippen molar-refractivity contribution < 1.29 is 19.0 Å². The van der Waals surface area contributed by atoms with E-state index in [1.165, 1.54) is 13.0 Å². The van der Waals surface area contributed by atoms with Gasteiger partial charge in [-0.05, 0) is 71.5 Å². The van der Waals surface area contributed by atoms with Gasteiger partial charge >= 0.3 is 5.69 Å². The maximum absolute atomic E-state index is 12.0. The van der Waals surface area contributed by atoms with Crippen LogP contribution in [0.4, 0.5) is 11.4 Å². The van der Waals surface area contributed by atoms with Gasteiger partial charge < -0.3 is 14.6 Å². The molecule has 1 N–H and O–H groups in total. The number of aryl methyl sites for hydroxylation is 1. The lowest BCUT2D eigenvalue weighted by Gasteiger charge is -2.08. The van der Waals surface area contributed by atoms with Crippen LogP contribution in [0.25, 0.3) is 12.2 Å². The van der Waals surface area contributed by atoms with Crippen molar-refractivity contribution in [1.82, 2.24) is 5.16 Å². The number of halogens is 1. The average molecular weight is 505 g/mol. The van der Waals surface area contributed by atoms with Crippen LogP contribution < -0.4 is 10.1 Å². The quantitative estimate of drug-likeness (QED) is 0.284. The van der Waals surface area contributed by atoms with Crippen LogP contribution in [0, 0.1) is 20.6 Å². The number of amides is 1. The molecule has 0 fully saturated rings. The number of nitro groups is 1. The molecule has 29 heavy (non-hydrogen) atoms. The van der Waals surface area contributed by atoms with Gasteiger partial charge in [-0.3, -0.25) is 14.9 Å². The van der Waals surface area contributed by atoms with Gasteiger partial charge in [0.05, 0.1) is 4.92 Å². The highest BCUT2D eigenvalue weighted by Gasteiger charge is 2.21. The standard InChI is InChI=1S/C20H16IN3O5/c1-13-20(24(26)27)18(29-23-13)10-7-14-5-8-17(9-6-14)28-12-19(25)22-16-4-2-3-15(21)11-16/h2-11H,12H2,1H3,(H,22,25)/b10-7+. The molecule has 1 amide bonds. The van der Waals surface area contributed by atoms with Crippen molar-refractivity contribution in [3.8, 4) is 5.75 Å². The molecule has 9 heteroatoms. The first-order valence-corrected chi connectivity index (χ1v) is 9.57. The van der Waals surface area contributed by atoms with Crippen LogP contribution >= 0.6 is 22.6 Å². The Morgan fingerprint density at radius 2 is 2.03 bits per heavy atom. The average Bonchev–Trinajstić information content (AvgIpc) is 3.06. The minimum Gasteiger partial charge on any atom is -0.484 e. The third kappa shape index (κ3) is 5.64. The zero-order valence-electron chi connectivity index (χ0n) is 15.3. The highest BCUT2D eigenvalue weighted by Crippen LogP contribution is 2.25. The summed E-state index contributed by atoms with van der Waals surface area (Å²) >= 11 is 2.17. The fourth-order valence-electron chi connectivity index (χ4n) is 2.47. The molecule has 3 aromatic rings. The smallest absolute Gasteiger partial charge is 0.338 e. The number of carbonyl (C=O) groups is 1. The molecule has 0 radical (unpaired) electrons. The van der Waals surface area contributed by atoms with Crippen molar-refractivity contribution in [3.05, 3.63) is 79.2 Å². The minimum atomic E-state index is -0.524. The lowest BCUT2D eigenvalue weighted by Crippen LogP contribution is -2.20. The van der Waals surface area contributed by atoms with E-state index in [1.807, 2.05) is 24.3 Å². The predicted octanol–water partition coefficient (Wildman–Crippen LogP) is 4.68. The summed E-state index contributed by atoms with van der Waals surface area (Å²) < 4.78 is 11.5. The van der Waals surface area contributed by atoms with Crippen molar-refractivity contribution >= 4 is 52.0 Å². The highest BCUT2D eigenvalue weighted by atomic mass is 127. The van der Waals surface area contributed by atoms with E-state index < -0.39 is 4.92 Å². The SMILES string of the molecule is Cc1noc(/C=C/c2ccc(OCC(=O)Nc3cccc(I)c3)cc2)c1[N+](=O)[O-]. The Labute approximate surface area is 179 Å². The summed E-state index contributed by atoms with van der Waals surface area (Å²) in [6.45, 7) is 1.39. The second-order valence-corrected chi connectivity index (χ2v) is 7.23. The number of nitrogens with one attached hydrogen (secondary N) is 1. The van der Waals surface area contributed by atoms with Gasteiger partial charge in [0.1, 0.15) is 5.75 Å². The zero-order valence-corrected chi connectivity index (χ0v) is 17.5. The number of rotatable bonds is 7. The molecule has 0 aliphatic heterocycles. The Hall–Kier alpha value is -3.21. The van der Waals surface area contributed by atoms with Gasteiger partial charge in [-0.1, -0.05) is 29.4 Å². The van der Waals surface area contributed by atoms with Crippen LogP contribution in [-0.2, 0) is 4.79 Å². The molecule has 0 unspecified atom stereocenters. The maximum Gasteiger partial charge on any atom is 0.338 e. The van der Waals surface area contributed by atoms with Crippen LogP contribution in [0.2, 0.25) is 0 Å². The molecule has 0 aliphatic rings. The second kappa shape index (κ2) is 9.32. The molecule has 8 nitrogen and oxygen atoms in total.